The van der Waals surface area contributed by atoms with Crippen LogP contribution < -0.4 is 4.72 Å². The van der Waals surface area contributed by atoms with Crippen molar-refractivity contribution in [2.24, 2.45) is 0 Å². The van der Waals surface area contributed by atoms with Gasteiger partial charge in [-0.15, -0.1) is 0 Å². The highest BCUT2D eigenvalue weighted by Gasteiger charge is 2.23. The first-order valence-electron chi connectivity index (χ1n) is 8.05. The lowest BCUT2D eigenvalue weighted by Crippen LogP contribution is -2.42. The number of carbonyl (C=O) groups excluding carboxylic acids is 1. The molecule has 1 aliphatic rings. The smallest absolute Gasteiger partial charge is 0.253 e. The molecule has 0 bridgehead atoms. The zero-order valence-electron chi connectivity index (χ0n) is 13.6. The van der Waals surface area contributed by atoms with Gasteiger partial charge in [0.25, 0.3) is 5.91 Å². The number of likely N-dealkylation sites (tertiary alicyclic amines) is 1. The first-order chi connectivity index (χ1) is 12.0. The number of piperidine rings is 1. The van der Waals surface area contributed by atoms with Crippen LogP contribution in [0.5, 0.6) is 0 Å². The zero-order valence-corrected chi connectivity index (χ0v) is 14.4. The summed E-state index contributed by atoms with van der Waals surface area (Å²) in [6, 6.07) is 9.14. The summed E-state index contributed by atoms with van der Waals surface area (Å²) >= 11 is 0. The maximum atomic E-state index is 12.4. The van der Waals surface area contributed by atoms with Crippen molar-refractivity contribution >= 4 is 15.9 Å². The molecule has 0 spiro atoms. The third-order valence-corrected chi connectivity index (χ3v) is 5.53. The summed E-state index contributed by atoms with van der Waals surface area (Å²) in [6.45, 7) is 0.964. The maximum Gasteiger partial charge on any atom is 0.253 e. The summed E-state index contributed by atoms with van der Waals surface area (Å²) in [6.07, 6.45) is 2.43. The molecule has 1 aromatic carbocycles. The van der Waals surface area contributed by atoms with Crippen LogP contribution in [0.1, 0.15) is 29.0 Å². The normalized spacial score (nSPS) is 18.3. The van der Waals surface area contributed by atoms with E-state index in [0.717, 1.165) is 6.42 Å². The van der Waals surface area contributed by atoms with Crippen LogP contribution in [-0.4, -0.2) is 43.5 Å². The lowest BCUT2D eigenvalue weighted by atomic mass is 10.1. The number of aliphatic hydroxyl groups excluding tert-OH is 1. The number of aliphatic hydroxyl groups is 1. The molecular weight excluding hydrogens is 344 g/mol. The van der Waals surface area contributed by atoms with Crippen molar-refractivity contribution in [1.82, 2.24) is 9.62 Å². The van der Waals surface area contributed by atoms with Crippen molar-refractivity contribution in [3.63, 3.8) is 0 Å². The van der Waals surface area contributed by atoms with E-state index in [4.69, 9.17) is 4.42 Å². The SMILES string of the molecule is O=C(c1ccc(S(=O)(=O)NCc2ccco2)cc1)N1CCCC(O)C1. The molecule has 2 aromatic rings. The van der Waals surface area contributed by atoms with Crippen molar-refractivity contribution in [2.75, 3.05) is 13.1 Å². The predicted octanol–water partition coefficient (Wildman–Crippen LogP) is 1.35. The molecule has 3 rings (SSSR count). The maximum absolute atomic E-state index is 12.4. The summed E-state index contributed by atoms with van der Waals surface area (Å²) in [7, 11) is -3.69. The number of carbonyl (C=O) groups is 1. The van der Waals surface area contributed by atoms with Gasteiger partial charge in [-0.2, -0.15) is 0 Å². The van der Waals surface area contributed by atoms with E-state index < -0.39 is 16.1 Å². The van der Waals surface area contributed by atoms with Gasteiger partial charge in [-0.05, 0) is 49.2 Å². The van der Waals surface area contributed by atoms with Gasteiger partial charge in [-0.3, -0.25) is 4.79 Å². The van der Waals surface area contributed by atoms with Crippen molar-refractivity contribution < 1.29 is 22.7 Å². The van der Waals surface area contributed by atoms with Crippen molar-refractivity contribution in [2.45, 2.75) is 30.4 Å². The second kappa shape index (κ2) is 7.38. The van der Waals surface area contributed by atoms with Gasteiger partial charge in [-0.25, -0.2) is 13.1 Å². The number of sulfonamides is 1. The Morgan fingerprint density at radius 2 is 2.04 bits per heavy atom. The second-order valence-corrected chi connectivity index (χ2v) is 7.74. The molecule has 134 valence electrons. The Balaban J connectivity index is 1.67. The fourth-order valence-corrected chi connectivity index (χ4v) is 3.75. The van der Waals surface area contributed by atoms with Crippen LogP contribution in [0.2, 0.25) is 0 Å². The summed E-state index contributed by atoms with van der Waals surface area (Å²) in [4.78, 5) is 14.1. The highest BCUT2D eigenvalue weighted by molar-refractivity contribution is 7.89. The molecule has 8 heteroatoms. The van der Waals surface area contributed by atoms with Gasteiger partial charge in [0.1, 0.15) is 5.76 Å². The van der Waals surface area contributed by atoms with E-state index in [0.29, 0.717) is 30.8 Å². The largest absolute Gasteiger partial charge is 0.468 e. The average Bonchev–Trinajstić information content (AvgIpc) is 3.13. The Morgan fingerprint density at radius 1 is 1.28 bits per heavy atom. The minimum Gasteiger partial charge on any atom is -0.468 e. The lowest BCUT2D eigenvalue weighted by Gasteiger charge is -2.30. The average molecular weight is 364 g/mol. The molecule has 1 aromatic heterocycles. The number of hydrogen-bond donors (Lipinski definition) is 2. The molecule has 1 fully saturated rings. The number of amides is 1. The van der Waals surface area contributed by atoms with Gasteiger partial charge < -0.3 is 14.4 Å². The molecule has 1 amide bonds. The van der Waals surface area contributed by atoms with E-state index >= 15 is 0 Å². The molecule has 25 heavy (non-hydrogen) atoms. The molecule has 0 saturated carbocycles. The molecule has 2 heterocycles. The molecule has 1 saturated heterocycles. The molecule has 2 N–H and O–H groups in total. The number of rotatable bonds is 5. The minimum atomic E-state index is -3.69. The fraction of sp³-hybridized carbons (Fsp3) is 0.353. The van der Waals surface area contributed by atoms with Crippen molar-refractivity contribution in [1.29, 1.82) is 0 Å². The van der Waals surface area contributed by atoms with E-state index in [1.807, 2.05) is 0 Å². The molecule has 1 atom stereocenters. The van der Waals surface area contributed by atoms with E-state index in [2.05, 4.69) is 4.72 Å². The quantitative estimate of drug-likeness (QED) is 0.834. The fourth-order valence-electron chi connectivity index (χ4n) is 2.76. The summed E-state index contributed by atoms with van der Waals surface area (Å²) in [5.41, 5.74) is 0.402. The standard InChI is InChI=1S/C17H20N2O5S/c20-14-3-1-9-19(12-14)17(21)13-5-7-16(8-6-13)25(22,23)18-11-15-4-2-10-24-15/h2,4-8,10,14,18,20H,1,3,9,11-12H2. The van der Waals surface area contributed by atoms with Crippen LogP contribution in [0.15, 0.2) is 52.0 Å². The topological polar surface area (TPSA) is 99.8 Å². The Labute approximate surface area is 146 Å². The first-order valence-corrected chi connectivity index (χ1v) is 9.53. The van der Waals surface area contributed by atoms with Crippen molar-refractivity contribution in [3.8, 4) is 0 Å². The molecule has 1 unspecified atom stereocenters. The van der Waals surface area contributed by atoms with Crippen LogP contribution in [0.3, 0.4) is 0 Å². The first kappa shape index (κ1) is 17.7. The summed E-state index contributed by atoms with van der Waals surface area (Å²) in [5.74, 6) is 0.310. The second-order valence-electron chi connectivity index (χ2n) is 5.98. The summed E-state index contributed by atoms with van der Waals surface area (Å²) in [5, 5.41) is 9.67. The highest BCUT2D eigenvalue weighted by atomic mass is 32.2. The van der Waals surface area contributed by atoms with E-state index in [-0.39, 0.29) is 17.3 Å². The zero-order chi connectivity index (χ0) is 17.9. The number of furan rings is 1. The van der Waals surface area contributed by atoms with Crippen LogP contribution in [0.4, 0.5) is 0 Å². The summed E-state index contributed by atoms with van der Waals surface area (Å²) < 4.78 is 32.1. The Morgan fingerprint density at radius 3 is 2.68 bits per heavy atom. The number of β-amino-alcohol motifs (C(OH)–C–C–N with tert-alkyl or cyclic N) is 1. The van der Waals surface area contributed by atoms with Crippen molar-refractivity contribution in [3.05, 3.63) is 54.0 Å². The number of nitrogens with zero attached hydrogens (tertiary/aromatic N) is 1. The third kappa shape index (κ3) is 4.28. The molecule has 7 nitrogen and oxygen atoms in total. The van der Waals surface area contributed by atoms with Crippen LogP contribution >= 0.6 is 0 Å². The molecule has 0 radical (unpaired) electrons. The van der Waals surface area contributed by atoms with Gasteiger partial charge in [0, 0.05) is 18.7 Å². The van der Waals surface area contributed by atoms with Gasteiger partial charge >= 0.3 is 0 Å². The predicted molar refractivity (Wildman–Crippen MR) is 90.3 cm³/mol. The van der Waals surface area contributed by atoms with Gasteiger partial charge in [-0.1, -0.05) is 0 Å². The van der Waals surface area contributed by atoms with Crippen LogP contribution in [0.25, 0.3) is 0 Å². The molecule has 1 aliphatic heterocycles. The third-order valence-electron chi connectivity index (χ3n) is 4.11. The Kier molecular flexibility index (Phi) is 5.22. The Hall–Kier alpha value is -2.16. The molecular formula is C17H20N2O5S. The van der Waals surface area contributed by atoms with E-state index in [9.17, 15) is 18.3 Å². The van der Waals surface area contributed by atoms with Crippen LogP contribution in [0, 0.1) is 0 Å². The number of nitrogens with one attached hydrogen (secondary N) is 1. The highest BCUT2D eigenvalue weighted by Crippen LogP contribution is 2.16. The monoisotopic (exact) mass is 364 g/mol. The van der Waals surface area contributed by atoms with Gasteiger partial charge in [0.15, 0.2) is 0 Å². The number of benzene rings is 1. The van der Waals surface area contributed by atoms with E-state index in [1.165, 1.54) is 30.5 Å². The van der Waals surface area contributed by atoms with Gasteiger partial charge in [0.05, 0.1) is 23.8 Å². The van der Waals surface area contributed by atoms with E-state index in [1.54, 1.807) is 17.0 Å². The molecule has 0 aliphatic carbocycles. The van der Waals surface area contributed by atoms with Gasteiger partial charge in [0.2, 0.25) is 10.0 Å². The lowest BCUT2D eigenvalue weighted by molar-refractivity contribution is 0.0473. The minimum absolute atomic E-state index is 0.0572. The number of hydrogen-bond acceptors (Lipinski definition) is 5. The van der Waals surface area contributed by atoms with Crippen LogP contribution in [-0.2, 0) is 16.6 Å². The Bertz CT molecular complexity index is 815.